The van der Waals surface area contributed by atoms with Crippen molar-refractivity contribution in [2.24, 2.45) is 0 Å². The first-order chi connectivity index (χ1) is 14.2. The van der Waals surface area contributed by atoms with Crippen molar-refractivity contribution in [1.29, 1.82) is 0 Å². The van der Waals surface area contributed by atoms with E-state index >= 15 is 0 Å². The molecule has 8 nitrogen and oxygen atoms in total. The van der Waals surface area contributed by atoms with Crippen LogP contribution >= 0.6 is 11.3 Å². The van der Waals surface area contributed by atoms with E-state index in [1.807, 2.05) is 41.8 Å². The van der Waals surface area contributed by atoms with E-state index in [9.17, 15) is 4.79 Å². The molecule has 0 spiro atoms. The maximum Gasteiger partial charge on any atom is 0.312 e. The highest BCUT2D eigenvalue weighted by Gasteiger charge is 2.14. The first-order valence-electron chi connectivity index (χ1n) is 8.70. The quantitative estimate of drug-likeness (QED) is 0.428. The molecule has 0 radical (unpaired) electrons. The third-order valence-corrected chi connectivity index (χ3v) is 4.83. The number of thiazole rings is 1. The van der Waals surface area contributed by atoms with Crippen molar-refractivity contribution >= 4 is 17.3 Å². The minimum Gasteiger partial charge on any atom is -0.497 e. The van der Waals surface area contributed by atoms with Crippen LogP contribution in [0.5, 0.6) is 5.75 Å². The van der Waals surface area contributed by atoms with Crippen LogP contribution in [0.25, 0.3) is 22.1 Å². The zero-order valence-electron chi connectivity index (χ0n) is 15.4. The molecule has 0 unspecified atom stereocenters. The lowest BCUT2D eigenvalue weighted by atomic mass is 10.2. The lowest BCUT2D eigenvalue weighted by molar-refractivity contribution is -0.144. The molecule has 0 aliphatic rings. The minimum atomic E-state index is -0.427. The number of hydrogen-bond donors (Lipinski definition) is 0. The summed E-state index contributed by atoms with van der Waals surface area (Å²) in [6, 6.07) is 12.9. The topological polar surface area (TPSA) is 100 Å². The third-order valence-electron chi connectivity index (χ3n) is 3.91. The Morgan fingerprint density at radius 1 is 1.17 bits per heavy atom. The molecule has 0 saturated carbocycles. The van der Waals surface area contributed by atoms with Crippen molar-refractivity contribution in [3.05, 3.63) is 65.6 Å². The standard InChI is InChI=1S/C20H16N4O4S/c1-26-15-6-4-5-13(9-15)19-23-17(28-24-19)11-27-18(25)10-14-12-29-20(22-14)16-7-2-3-8-21-16/h2-9,12H,10-11H2,1H3. The molecule has 9 heteroatoms. The molecule has 0 fully saturated rings. The van der Waals surface area contributed by atoms with Gasteiger partial charge in [0.2, 0.25) is 5.82 Å². The summed E-state index contributed by atoms with van der Waals surface area (Å²) in [6.07, 6.45) is 1.76. The Hall–Kier alpha value is -3.59. The van der Waals surface area contributed by atoms with Crippen LogP contribution in [-0.2, 0) is 22.6 Å². The van der Waals surface area contributed by atoms with Crippen LogP contribution < -0.4 is 4.74 Å². The first-order valence-corrected chi connectivity index (χ1v) is 9.57. The highest BCUT2D eigenvalue weighted by Crippen LogP contribution is 2.23. The zero-order valence-corrected chi connectivity index (χ0v) is 16.3. The normalized spacial score (nSPS) is 10.7. The number of ether oxygens (including phenoxy) is 2. The molecule has 146 valence electrons. The average Bonchev–Trinajstić information content (AvgIpc) is 3.43. The maximum absolute atomic E-state index is 12.1. The van der Waals surface area contributed by atoms with E-state index in [0.29, 0.717) is 17.3 Å². The van der Waals surface area contributed by atoms with Crippen LogP contribution in [-0.4, -0.2) is 33.2 Å². The lowest BCUT2D eigenvalue weighted by Crippen LogP contribution is -2.08. The van der Waals surface area contributed by atoms with Gasteiger partial charge >= 0.3 is 5.97 Å². The molecule has 0 N–H and O–H groups in total. The van der Waals surface area contributed by atoms with E-state index in [1.165, 1.54) is 11.3 Å². The molecule has 3 heterocycles. The van der Waals surface area contributed by atoms with Gasteiger partial charge in [0, 0.05) is 17.1 Å². The predicted molar refractivity (Wildman–Crippen MR) is 105 cm³/mol. The highest BCUT2D eigenvalue weighted by molar-refractivity contribution is 7.13. The van der Waals surface area contributed by atoms with Gasteiger partial charge in [0.05, 0.1) is 24.9 Å². The summed E-state index contributed by atoms with van der Waals surface area (Å²) in [5, 5.41) is 6.49. The van der Waals surface area contributed by atoms with Gasteiger partial charge in [-0.3, -0.25) is 9.78 Å². The molecular formula is C20H16N4O4S. The van der Waals surface area contributed by atoms with Crippen LogP contribution in [0, 0.1) is 0 Å². The number of hydrogen-bond acceptors (Lipinski definition) is 9. The van der Waals surface area contributed by atoms with E-state index in [0.717, 1.165) is 16.3 Å². The van der Waals surface area contributed by atoms with Gasteiger partial charge in [0.1, 0.15) is 10.8 Å². The van der Waals surface area contributed by atoms with Crippen molar-refractivity contribution in [2.75, 3.05) is 7.11 Å². The van der Waals surface area contributed by atoms with Crippen molar-refractivity contribution in [3.8, 4) is 27.8 Å². The fourth-order valence-electron chi connectivity index (χ4n) is 2.53. The van der Waals surface area contributed by atoms with Crippen molar-refractivity contribution in [3.63, 3.8) is 0 Å². The number of carbonyl (C=O) groups excluding carboxylic acids is 1. The molecule has 4 rings (SSSR count). The lowest BCUT2D eigenvalue weighted by Gasteiger charge is -2.00. The monoisotopic (exact) mass is 408 g/mol. The summed E-state index contributed by atoms with van der Waals surface area (Å²) in [5.41, 5.74) is 2.14. The molecule has 0 bridgehead atoms. The third kappa shape index (κ3) is 4.64. The molecular weight excluding hydrogens is 392 g/mol. The number of carbonyl (C=O) groups is 1. The summed E-state index contributed by atoms with van der Waals surface area (Å²) >= 11 is 1.43. The van der Waals surface area contributed by atoms with Crippen LogP contribution in [0.2, 0.25) is 0 Å². The van der Waals surface area contributed by atoms with E-state index in [1.54, 1.807) is 19.4 Å². The summed E-state index contributed by atoms with van der Waals surface area (Å²) in [4.78, 5) is 25.0. The second kappa shape index (κ2) is 8.61. The Balaban J connectivity index is 1.33. The zero-order chi connectivity index (χ0) is 20.1. The van der Waals surface area contributed by atoms with E-state index in [-0.39, 0.29) is 18.9 Å². The van der Waals surface area contributed by atoms with Gasteiger partial charge < -0.3 is 14.0 Å². The Kier molecular flexibility index (Phi) is 5.57. The van der Waals surface area contributed by atoms with Crippen molar-refractivity contribution in [1.82, 2.24) is 20.1 Å². The highest BCUT2D eigenvalue weighted by atomic mass is 32.1. The predicted octanol–water partition coefficient (Wildman–Crippen LogP) is 3.55. The van der Waals surface area contributed by atoms with Gasteiger partial charge in [-0.05, 0) is 24.3 Å². The Bertz CT molecular complexity index is 1110. The fourth-order valence-corrected chi connectivity index (χ4v) is 3.32. The van der Waals surface area contributed by atoms with E-state index < -0.39 is 5.97 Å². The molecule has 0 saturated heterocycles. The molecule has 0 atom stereocenters. The molecule has 0 aliphatic heterocycles. The Morgan fingerprint density at radius 2 is 2.10 bits per heavy atom. The van der Waals surface area contributed by atoms with Gasteiger partial charge in [0.15, 0.2) is 6.61 Å². The van der Waals surface area contributed by atoms with Crippen LogP contribution in [0.1, 0.15) is 11.6 Å². The van der Waals surface area contributed by atoms with Crippen molar-refractivity contribution in [2.45, 2.75) is 13.0 Å². The molecule has 4 aromatic rings. The number of esters is 1. The summed E-state index contributed by atoms with van der Waals surface area (Å²) in [6.45, 7) is -0.104. The minimum absolute atomic E-state index is 0.0558. The number of methoxy groups -OCH3 is 1. The molecule has 0 aliphatic carbocycles. The molecule has 29 heavy (non-hydrogen) atoms. The number of nitrogens with zero attached hydrogens (tertiary/aromatic N) is 4. The SMILES string of the molecule is COc1cccc(-c2noc(COC(=O)Cc3csc(-c4ccccn4)n3)n2)c1. The van der Waals surface area contributed by atoms with Gasteiger partial charge in [-0.25, -0.2) is 4.98 Å². The second-order valence-corrected chi connectivity index (χ2v) is 6.80. The molecule has 3 aromatic heterocycles. The fraction of sp³-hybridized carbons (Fsp3) is 0.150. The largest absolute Gasteiger partial charge is 0.497 e. The van der Waals surface area contributed by atoms with E-state index in [4.69, 9.17) is 14.0 Å². The number of aromatic nitrogens is 4. The van der Waals surface area contributed by atoms with Crippen LogP contribution in [0.4, 0.5) is 0 Å². The first kappa shape index (κ1) is 18.8. The van der Waals surface area contributed by atoms with Gasteiger partial charge in [-0.2, -0.15) is 4.98 Å². The number of benzene rings is 1. The smallest absolute Gasteiger partial charge is 0.312 e. The number of rotatable bonds is 7. The Labute approximate surface area is 170 Å². The average molecular weight is 408 g/mol. The maximum atomic E-state index is 12.1. The van der Waals surface area contributed by atoms with E-state index in [2.05, 4.69) is 20.1 Å². The van der Waals surface area contributed by atoms with Crippen molar-refractivity contribution < 1.29 is 18.8 Å². The summed E-state index contributed by atoms with van der Waals surface area (Å²) in [5.74, 6) is 0.871. The van der Waals surface area contributed by atoms with Crippen LogP contribution in [0.15, 0.2) is 58.6 Å². The number of pyridine rings is 1. The van der Waals surface area contributed by atoms with Crippen LogP contribution in [0.3, 0.4) is 0 Å². The Morgan fingerprint density at radius 3 is 2.93 bits per heavy atom. The van der Waals surface area contributed by atoms with Gasteiger partial charge in [-0.15, -0.1) is 11.3 Å². The van der Waals surface area contributed by atoms with Gasteiger partial charge in [-0.1, -0.05) is 23.4 Å². The molecule has 0 amide bonds. The summed E-state index contributed by atoms with van der Waals surface area (Å²) in [7, 11) is 1.59. The second-order valence-electron chi connectivity index (χ2n) is 5.94. The van der Waals surface area contributed by atoms with Gasteiger partial charge in [0.25, 0.3) is 5.89 Å². The molecule has 1 aromatic carbocycles. The summed E-state index contributed by atoms with van der Waals surface area (Å²) < 4.78 is 15.6.